The molecule has 122 valence electrons. The highest BCUT2D eigenvalue weighted by molar-refractivity contribution is 7.89. The molecular formula is C15H20Cl2N2O2S. The van der Waals surface area contributed by atoms with Gasteiger partial charge in [0.05, 0.1) is 4.90 Å². The number of nitrogens with zero attached hydrogens (tertiary/aromatic N) is 1. The molecule has 0 aromatic heterocycles. The van der Waals surface area contributed by atoms with Crippen molar-refractivity contribution in [2.75, 3.05) is 19.6 Å². The molecule has 0 radical (unpaired) electrons. The number of sulfonamides is 1. The maximum atomic E-state index is 12.7. The van der Waals surface area contributed by atoms with E-state index in [4.69, 9.17) is 23.2 Å². The fourth-order valence-electron chi connectivity index (χ4n) is 3.46. The zero-order chi connectivity index (χ0) is 15.7. The molecule has 4 nitrogen and oxygen atoms in total. The van der Waals surface area contributed by atoms with E-state index < -0.39 is 10.0 Å². The van der Waals surface area contributed by atoms with Gasteiger partial charge >= 0.3 is 0 Å². The average Bonchev–Trinajstić information content (AvgIpc) is 3.00. The van der Waals surface area contributed by atoms with E-state index in [0.717, 1.165) is 19.4 Å². The predicted molar refractivity (Wildman–Crippen MR) is 89.0 cm³/mol. The van der Waals surface area contributed by atoms with Gasteiger partial charge in [-0.25, -0.2) is 8.42 Å². The van der Waals surface area contributed by atoms with Gasteiger partial charge in [-0.15, -0.1) is 0 Å². The first-order valence-electron chi connectivity index (χ1n) is 7.66. The summed E-state index contributed by atoms with van der Waals surface area (Å²) in [5.41, 5.74) is 0. The summed E-state index contributed by atoms with van der Waals surface area (Å²) >= 11 is 11.9. The minimum Gasteiger partial charge on any atom is -0.314 e. The maximum absolute atomic E-state index is 12.7. The van der Waals surface area contributed by atoms with E-state index >= 15 is 0 Å². The van der Waals surface area contributed by atoms with Crippen LogP contribution in [-0.4, -0.2) is 38.4 Å². The molecule has 1 unspecified atom stereocenters. The van der Waals surface area contributed by atoms with Crippen LogP contribution in [0, 0.1) is 5.92 Å². The summed E-state index contributed by atoms with van der Waals surface area (Å²) < 4.78 is 27.0. The van der Waals surface area contributed by atoms with Crippen molar-refractivity contribution in [1.29, 1.82) is 0 Å². The number of benzene rings is 1. The number of nitrogens with one attached hydrogen (secondary N) is 1. The van der Waals surface area contributed by atoms with Gasteiger partial charge in [0.25, 0.3) is 0 Å². The molecule has 22 heavy (non-hydrogen) atoms. The predicted octanol–water partition coefficient (Wildman–Crippen LogP) is 3.15. The molecule has 7 heteroatoms. The minimum atomic E-state index is -3.51. The van der Waals surface area contributed by atoms with Crippen LogP contribution in [0.2, 0.25) is 10.0 Å². The molecule has 2 saturated heterocycles. The number of halogens is 2. The highest BCUT2D eigenvalue weighted by Gasteiger charge is 2.33. The molecular weight excluding hydrogens is 343 g/mol. The normalized spacial score (nSPS) is 24.7. The first-order chi connectivity index (χ1) is 10.5. The topological polar surface area (TPSA) is 49.4 Å². The van der Waals surface area contributed by atoms with Crippen LogP contribution in [0.15, 0.2) is 23.1 Å². The van der Waals surface area contributed by atoms with Crippen LogP contribution in [0.5, 0.6) is 0 Å². The minimum absolute atomic E-state index is 0.183. The largest absolute Gasteiger partial charge is 0.314 e. The first kappa shape index (κ1) is 16.5. The van der Waals surface area contributed by atoms with Crippen molar-refractivity contribution in [2.45, 2.75) is 36.6 Å². The van der Waals surface area contributed by atoms with Crippen molar-refractivity contribution in [3.8, 4) is 0 Å². The van der Waals surface area contributed by atoms with Gasteiger partial charge < -0.3 is 5.32 Å². The van der Waals surface area contributed by atoms with Crippen LogP contribution in [-0.2, 0) is 10.0 Å². The summed E-state index contributed by atoms with van der Waals surface area (Å²) in [4.78, 5) is 0.183. The third-order valence-electron chi connectivity index (χ3n) is 4.64. The van der Waals surface area contributed by atoms with Crippen molar-refractivity contribution >= 4 is 33.2 Å². The Morgan fingerprint density at radius 1 is 1.05 bits per heavy atom. The zero-order valence-corrected chi connectivity index (χ0v) is 14.6. The standard InChI is InChI=1S/C15H20Cl2N2O2S/c16-12-8-13(17)10-14(9-12)22(20,21)19-6-3-11(4-7-19)15-2-1-5-18-15/h8-11,15,18H,1-7H2. The smallest absolute Gasteiger partial charge is 0.243 e. The van der Waals surface area contributed by atoms with Crippen molar-refractivity contribution in [2.24, 2.45) is 5.92 Å². The summed E-state index contributed by atoms with van der Waals surface area (Å²) in [6, 6.07) is 5.03. The highest BCUT2D eigenvalue weighted by Crippen LogP contribution is 2.30. The second-order valence-corrected chi connectivity index (χ2v) is 8.86. The highest BCUT2D eigenvalue weighted by atomic mass is 35.5. The molecule has 1 aromatic rings. The molecule has 2 aliphatic heterocycles. The van der Waals surface area contributed by atoms with E-state index in [9.17, 15) is 8.42 Å². The molecule has 1 aromatic carbocycles. The monoisotopic (exact) mass is 362 g/mol. The molecule has 1 N–H and O–H groups in total. The zero-order valence-electron chi connectivity index (χ0n) is 12.3. The van der Waals surface area contributed by atoms with E-state index in [0.29, 0.717) is 35.1 Å². The molecule has 3 rings (SSSR count). The number of hydrogen-bond acceptors (Lipinski definition) is 3. The van der Waals surface area contributed by atoms with E-state index in [1.54, 1.807) is 10.4 Å². The number of piperidine rings is 1. The molecule has 0 amide bonds. The summed E-state index contributed by atoms with van der Waals surface area (Å²) in [5, 5.41) is 4.21. The van der Waals surface area contributed by atoms with Crippen LogP contribution < -0.4 is 5.32 Å². The van der Waals surface area contributed by atoms with Gasteiger partial charge in [0.2, 0.25) is 10.0 Å². The first-order valence-corrected chi connectivity index (χ1v) is 9.86. The van der Waals surface area contributed by atoms with E-state index in [-0.39, 0.29) is 4.90 Å². The molecule has 0 bridgehead atoms. The van der Waals surface area contributed by atoms with E-state index in [1.165, 1.54) is 25.0 Å². The Bertz CT molecular complexity index is 617. The van der Waals surface area contributed by atoms with Crippen LogP contribution in [0.3, 0.4) is 0 Å². The lowest BCUT2D eigenvalue weighted by Gasteiger charge is -2.34. The molecule has 2 fully saturated rings. The Balaban J connectivity index is 1.71. The van der Waals surface area contributed by atoms with Crippen LogP contribution in [0.25, 0.3) is 0 Å². The van der Waals surface area contributed by atoms with Gasteiger partial charge in [0.1, 0.15) is 0 Å². The summed E-state index contributed by atoms with van der Waals surface area (Å²) in [7, 11) is -3.51. The maximum Gasteiger partial charge on any atom is 0.243 e. The molecule has 0 saturated carbocycles. The fourth-order valence-corrected chi connectivity index (χ4v) is 5.66. The molecule has 2 aliphatic rings. The summed E-state index contributed by atoms with van der Waals surface area (Å²) in [6.07, 6.45) is 4.25. The third-order valence-corrected chi connectivity index (χ3v) is 6.95. The number of hydrogen-bond donors (Lipinski definition) is 1. The lowest BCUT2D eigenvalue weighted by Crippen LogP contribution is -2.43. The van der Waals surface area contributed by atoms with Crippen molar-refractivity contribution in [1.82, 2.24) is 9.62 Å². The van der Waals surface area contributed by atoms with Gasteiger partial charge in [0.15, 0.2) is 0 Å². The van der Waals surface area contributed by atoms with E-state index in [2.05, 4.69) is 5.32 Å². The second kappa shape index (κ2) is 6.65. The van der Waals surface area contributed by atoms with Gasteiger partial charge in [0, 0.05) is 29.2 Å². The van der Waals surface area contributed by atoms with Crippen LogP contribution >= 0.6 is 23.2 Å². The Labute approximate surface area is 141 Å². The molecule has 1 atom stereocenters. The lowest BCUT2D eigenvalue weighted by molar-refractivity contribution is 0.234. The number of rotatable bonds is 3. The Hall–Kier alpha value is -0.330. The van der Waals surface area contributed by atoms with Crippen LogP contribution in [0.1, 0.15) is 25.7 Å². The SMILES string of the molecule is O=S(=O)(c1cc(Cl)cc(Cl)c1)N1CCC(C2CCCN2)CC1. The second-order valence-electron chi connectivity index (χ2n) is 6.05. The Morgan fingerprint density at radius 3 is 2.23 bits per heavy atom. The van der Waals surface area contributed by atoms with Gasteiger partial charge in [-0.3, -0.25) is 0 Å². The van der Waals surface area contributed by atoms with Crippen molar-refractivity contribution in [3.05, 3.63) is 28.2 Å². The quantitative estimate of drug-likeness (QED) is 0.898. The lowest BCUT2D eigenvalue weighted by atomic mass is 9.89. The summed E-state index contributed by atoms with van der Waals surface area (Å²) in [5.74, 6) is 0.580. The Morgan fingerprint density at radius 2 is 1.68 bits per heavy atom. The molecule has 0 spiro atoms. The summed E-state index contributed by atoms with van der Waals surface area (Å²) in [6.45, 7) is 2.22. The van der Waals surface area contributed by atoms with Crippen LogP contribution in [0.4, 0.5) is 0 Å². The third kappa shape index (κ3) is 3.44. The van der Waals surface area contributed by atoms with Gasteiger partial charge in [-0.05, 0) is 56.3 Å². The van der Waals surface area contributed by atoms with Crippen molar-refractivity contribution < 1.29 is 8.42 Å². The average molecular weight is 363 g/mol. The molecule has 2 heterocycles. The Kier molecular flexibility index (Phi) is 5.00. The fraction of sp³-hybridized carbons (Fsp3) is 0.600. The van der Waals surface area contributed by atoms with Gasteiger partial charge in [-0.2, -0.15) is 4.31 Å². The van der Waals surface area contributed by atoms with Gasteiger partial charge in [-0.1, -0.05) is 23.2 Å². The molecule has 0 aliphatic carbocycles. The van der Waals surface area contributed by atoms with E-state index in [1.807, 2.05) is 0 Å². The van der Waals surface area contributed by atoms with Crippen molar-refractivity contribution in [3.63, 3.8) is 0 Å².